The van der Waals surface area contributed by atoms with Crippen molar-refractivity contribution in [3.63, 3.8) is 0 Å². The number of hydrogen-bond donors (Lipinski definition) is 1. The van der Waals surface area contributed by atoms with Crippen molar-refractivity contribution in [1.29, 1.82) is 0 Å². The topological polar surface area (TPSA) is 20.2 Å². The van der Waals surface area contributed by atoms with E-state index in [1.165, 1.54) is 11.8 Å². The van der Waals surface area contributed by atoms with Gasteiger partial charge in [0.1, 0.15) is 11.9 Å². The highest BCUT2D eigenvalue weighted by Crippen LogP contribution is 2.34. The van der Waals surface area contributed by atoms with Crippen molar-refractivity contribution >= 4 is 11.8 Å². The molecule has 1 atom stereocenters. The SMILES string of the molecule is CSc1ccc(C(O)c2ccc(F)c(C(F)(F)F)c2)cc1. The fraction of sp³-hybridized carbons (Fsp3) is 0.200. The molecule has 0 saturated heterocycles. The number of thioether (sulfide) groups is 1. The van der Waals surface area contributed by atoms with E-state index in [1.807, 2.05) is 6.26 Å². The van der Waals surface area contributed by atoms with Crippen LogP contribution in [0.5, 0.6) is 0 Å². The van der Waals surface area contributed by atoms with Crippen LogP contribution in [0.25, 0.3) is 0 Å². The normalized spacial score (nSPS) is 13.2. The summed E-state index contributed by atoms with van der Waals surface area (Å²) >= 11 is 1.51. The zero-order valence-electron chi connectivity index (χ0n) is 11.0. The summed E-state index contributed by atoms with van der Waals surface area (Å²) in [5, 5.41) is 10.1. The second kappa shape index (κ2) is 6.07. The molecule has 0 aliphatic rings. The summed E-state index contributed by atoms with van der Waals surface area (Å²) in [7, 11) is 0. The Labute approximate surface area is 123 Å². The summed E-state index contributed by atoms with van der Waals surface area (Å²) in [4.78, 5) is 0.973. The number of hydrogen-bond acceptors (Lipinski definition) is 2. The highest BCUT2D eigenvalue weighted by molar-refractivity contribution is 7.98. The molecule has 0 aromatic heterocycles. The van der Waals surface area contributed by atoms with Crippen molar-refractivity contribution in [3.05, 3.63) is 65.0 Å². The van der Waals surface area contributed by atoms with Crippen molar-refractivity contribution < 1.29 is 22.7 Å². The summed E-state index contributed by atoms with van der Waals surface area (Å²) in [6, 6.07) is 9.30. The third-order valence-electron chi connectivity index (χ3n) is 3.04. The Kier molecular flexibility index (Phi) is 4.58. The number of halogens is 4. The summed E-state index contributed by atoms with van der Waals surface area (Å²) in [5.74, 6) is -1.35. The molecule has 2 aromatic rings. The molecule has 0 aliphatic heterocycles. The minimum atomic E-state index is -4.79. The van der Waals surface area contributed by atoms with Crippen LogP contribution in [0.1, 0.15) is 22.8 Å². The number of aliphatic hydroxyl groups excluding tert-OH is 1. The van der Waals surface area contributed by atoms with Crippen LogP contribution in [-0.4, -0.2) is 11.4 Å². The van der Waals surface area contributed by atoms with Gasteiger partial charge in [-0.3, -0.25) is 0 Å². The summed E-state index contributed by atoms with van der Waals surface area (Å²) in [6.07, 6.45) is -4.13. The molecule has 2 rings (SSSR count). The van der Waals surface area contributed by atoms with Gasteiger partial charge in [-0.05, 0) is 41.6 Å². The molecule has 0 fully saturated rings. The van der Waals surface area contributed by atoms with Gasteiger partial charge in [0.15, 0.2) is 0 Å². The molecule has 21 heavy (non-hydrogen) atoms. The average Bonchev–Trinajstić information content (AvgIpc) is 2.46. The molecule has 0 aliphatic carbocycles. The third kappa shape index (κ3) is 3.57. The van der Waals surface area contributed by atoms with Gasteiger partial charge >= 0.3 is 6.18 Å². The average molecular weight is 316 g/mol. The summed E-state index contributed by atoms with van der Waals surface area (Å²) in [5.41, 5.74) is -0.923. The maximum atomic E-state index is 13.2. The molecule has 0 bridgehead atoms. The highest BCUT2D eigenvalue weighted by atomic mass is 32.2. The zero-order chi connectivity index (χ0) is 15.6. The van der Waals surface area contributed by atoms with Gasteiger partial charge in [0.2, 0.25) is 0 Å². The molecule has 1 N–H and O–H groups in total. The van der Waals surface area contributed by atoms with Gasteiger partial charge in [-0.15, -0.1) is 11.8 Å². The fourth-order valence-corrected chi connectivity index (χ4v) is 2.32. The van der Waals surface area contributed by atoms with E-state index in [9.17, 15) is 22.7 Å². The van der Waals surface area contributed by atoms with E-state index in [0.29, 0.717) is 11.6 Å². The van der Waals surface area contributed by atoms with Gasteiger partial charge in [0, 0.05) is 4.90 Å². The molecule has 0 spiro atoms. The molecular weight excluding hydrogens is 304 g/mol. The summed E-state index contributed by atoms with van der Waals surface area (Å²) in [6.45, 7) is 0. The van der Waals surface area contributed by atoms with E-state index in [2.05, 4.69) is 0 Å². The maximum absolute atomic E-state index is 13.2. The largest absolute Gasteiger partial charge is 0.419 e. The molecule has 6 heteroatoms. The van der Waals surface area contributed by atoms with Crippen LogP contribution in [0.2, 0.25) is 0 Å². The molecule has 0 amide bonds. The van der Waals surface area contributed by atoms with E-state index in [-0.39, 0.29) is 5.56 Å². The van der Waals surface area contributed by atoms with Gasteiger partial charge in [-0.25, -0.2) is 4.39 Å². The molecule has 112 valence electrons. The van der Waals surface area contributed by atoms with Gasteiger partial charge in [-0.2, -0.15) is 13.2 Å². The van der Waals surface area contributed by atoms with Crippen molar-refractivity contribution in [3.8, 4) is 0 Å². The minimum absolute atomic E-state index is 0.000580. The fourth-order valence-electron chi connectivity index (χ4n) is 1.91. The van der Waals surface area contributed by atoms with Crippen LogP contribution in [0.15, 0.2) is 47.4 Å². The Morgan fingerprint density at radius 2 is 1.57 bits per heavy atom. The van der Waals surface area contributed by atoms with Crippen molar-refractivity contribution in [2.75, 3.05) is 6.26 Å². The first-order valence-electron chi connectivity index (χ1n) is 6.01. The monoisotopic (exact) mass is 316 g/mol. The number of rotatable bonds is 3. The second-order valence-electron chi connectivity index (χ2n) is 4.41. The third-order valence-corrected chi connectivity index (χ3v) is 3.79. The molecule has 0 radical (unpaired) electrons. The second-order valence-corrected chi connectivity index (χ2v) is 5.29. The standard InChI is InChI=1S/C15H12F4OS/c1-21-11-5-2-9(3-6-11)14(20)10-4-7-13(16)12(8-10)15(17,18)19/h2-8,14,20H,1H3. The number of benzene rings is 2. The molecule has 0 saturated carbocycles. The van der Waals surface area contributed by atoms with Crippen LogP contribution < -0.4 is 0 Å². The smallest absolute Gasteiger partial charge is 0.384 e. The molecular formula is C15H12F4OS. The Hall–Kier alpha value is -1.53. The van der Waals surface area contributed by atoms with Gasteiger partial charge in [0.25, 0.3) is 0 Å². The zero-order valence-corrected chi connectivity index (χ0v) is 11.8. The Morgan fingerprint density at radius 1 is 1.00 bits per heavy atom. The van der Waals surface area contributed by atoms with Gasteiger partial charge < -0.3 is 5.11 Å². The van der Waals surface area contributed by atoms with Gasteiger partial charge in [0.05, 0.1) is 5.56 Å². The lowest BCUT2D eigenvalue weighted by Crippen LogP contribution is -2.10. The maximum Gasteiger partial charge on any atom is 0.419 e. The Balaban J connectivity index is 2.36. The predicted molar refractivity (Wildman–Crippen MR) is 73.7 cm³/mol. The quantitative estimate of drug-likeness (QED) is 0.657. The lowest BCUT2D eigenvalue weighted by molar-refractivity contribution is -0.140. The van der Waals surface area contributed by atoms with E-state index in [4.69, 9.17) is 0 Å². The van der Waals surface area contributed by atoms with Crippen molar-refractivity contribution in [2.45, 2.75) is 17.2 Å². The van der Waals surface area contributed by atoms with Crippen LogP contribution >= 0.6 is 11.8 Å². The lowest BCUT2D eigenvalue weighted by Gasteiger charge is -2.15. The molecule has 1 unspecified atom stereocenters. The Morgan fingerprint density at radius 3 is 2.10 bits per heavy atom. The van der Waals surface area contributed by atoms with Crippen molar-refractivity contribution in [1.82, 2.24) is 0 Å². The van der Waals surface area contributed by atoms with E-state index in [0.717, 1.165) is 17.0 Å². The number of alkyl halides is 3. The first-order valence-corrected chi connectivity index (χ1v) is 7.24. The predicted octanol–water partition coefficient (Wildman–Crippen LogP) is 4.65. The van der Waals surface area contributed by atoms with E-state index in [1.54, 1.807) is 24.3 Å². The van der Waals surface area contributed by atoms with Crippen molar-refractivity contribution in [2.24, 2.45) is 0 Å². The van der Waals surface area contributed by atoms with Crippen LogP contribution in [0, 0.1) is 5.82 Å². The lowest BCUT2D eigenvalue weighted by atomic mass is 9.99. The molecule has 1 nitrogen and oxygen atoms in total. The van der Waals surface area contributed by atoms with Crippen LogP contribution in [-0.2, 0) is 6.18 Å². The van der Waals surface area contributed by atoms with Crippen LogP contribution in [0.3, 0.4) is 0 Å². The van der Waals surface area contributed by atoms with Gasteiger partial charge in [-0.1, -0.05) is 18.2 Å². The van der Waals surface area contributed by atoms with E-state index < -0.39 is 23.7 Å². The Bertz CT molecular complexity index is 623. The number of aliphatic hydroxyl groups is 1. The highest BCUT2D eigenvalue weighted by Gasteiger charge is 2.34. The minimum Gasteiger partial charge on any atom is -0.384 e. The first kappa shape index (κ1) is 15.9. The van der Waals surface area contributed by atoms with Crippen LogP contribution in [0.4, 0.5) is 17.6 Å². The molecule has 0 heterocycles. The summed E-state index contributed by atoms with van der Waals surface area (Å²) < 4.78 is 51.2. The molecule has 2 aromatic carbocycles. The first-order chi connectivity index (χ1) is 9.82. The van der Waals surface area contributed by atoms with E-state index >= 15 is 0 Å².